The van der Waals surface area contributed by atoms with Crippen molar-refractivity contribution in [3.63, 3.8) is 0 Å². The van der Waals surface area contributed by atoms with Gasteiger partial charge in [0.2, 0.25) is 17.6 Å². The van der Waals surface area contributed by atoms with Gasteiger partial charge in [-0.15, -0.1) is 0 Å². The normalized spacial score (nSPS) is 10.6. The fourth-order valence-corrected chi connectivity index (χ4v) is 3.11. The monoisotopic (exact) mass is 511 g/mol. The van der Waals surface area contributed by atoms with Crippen molar-refractivity contribution in [2.45, 2.75) is 12.8 Å². The molecule has 0 fully saturated rings. The van der Waals surface area contributed by atoms with Gasteiger partial charge in [0.25, 0.3) is 0 Å². The fourth-order valence-electron chi connectivity index (χ4n) is 2.75. The van der Waals surface area contributed by atoms with Crippen molar-refractivity contribution in [2.75, 3.05) is 5.32 Å². The van der Waals surface area contributed by atoms with Gasteiger partial charge in [-0.05, 0) is 71.1 Å². The van der Waals surface area contributed by atoms with Gasteiger partial charge >= 0.3 is 0 Å². The molecule has 0 aliphatic rings. The van der Waals surface area contributed by atoms with Crippen LogP contribution in [0.2, 0.25) is 0 Å². The molecule has 0 saturated heterocycles. The predicted molar refractivity (Wildman–Crippen MR) is 122 cm³/mol. The number of ether oxygens (including phenoxy) is 1. The van der Waals surface area contributed by atoms with Crippen LogP contribution < -0.4 is 10.1 Å². The van der Waals surface area contributed by atoms with E-state index in [-0.39, 0.29) is 12.3 Å². The van der Waals surface area contributed by atoms with Gasteiger partial charge in [-0.3, -0.25) is 4.79 Å². The minimum atomic E-state index is -0.124. The number of amides is 1. The van der Waals surface area contributed by atoms with Crippen molar-refractivity contribution in [3.8, 4) is 22.9 Å². The maximum absolute atomic E-state index is 12.2. The molecule has 0 atom stereocenters. The summed E-state index contributed by atoms with van der Waals surface area (Å²) in [6.07, 6.45) is 0.620. The lowest BCUT2D eigenvalue weighted by atomic mass is 10.2. The lowest BCUT2D eigenvalue weighted by Gasteiger charge is -2.07. The number of halogens is 1. The number of hydrogen-bond acceptors (Lipinski definition) is 5. The largest absolute Gasteiger partial charge is 0.457 e. The molecule has 30 heavy (non-hydrogen) atoms. The lowest BCUT2D eigenvalue weighted by molar-refractivity contribution is -0.116. The van der Waals surface area contributed by atoms with Crippen LogP contribution in [-0.4, -0.2) is 16.0 Å². The minimum Gasteiger partial charge on any atom is -0.457 e. The molecule has 6 nitrogen and oxygen atoms in total. The summed E-state index contributed by atoms with van der Waals surface area (Å²) < 4.78 is 12.1. The highest BCUT2D eigenvalue weighted by Crippen LogP contribution is 2.23. The molecule has 0 radical (unpaired) electrons. The second-order valence-electron chi connectivity index (χ2n) is 6.51. The molecule has 0 spiro atoms. The average Bonchev–Trinajstić information content (AvgIpc) is 3.24. The van der Waals surface area contributed by atoms with Crippen molar-refractivity contribution < 1.29 is 14.1 Å². The first-order valence-electron chi connectivity index (χ1n) is 9.37. The van der Waals surface area contributed by atoms with Gasteiger partial charge in [0.15, 0.2) is 0 Å². The van der Waals surface area contributed by atoms with E-state index >= 15 is 0 Å². The number of rotatable bonds is 7. The number of carbonyl (C=O) groups excluding carboxylic acids is 1. The third-order valence-electron chi connectivity index (χ3n) is 4.25. The molecule has 1 amide bonds. The zero-order valence-electron chi connectivity index (χ0n) is 15.9. The fraction of sp³-hybridized carbons (Fsp3) is 0.0870. The molecule has 0 unspecified atom stereocenters. The Balaban J connectivity index is 1.28. The van der Waals surface area contributed by atoms with Crippen molar-refractivity contribution in [1.82, 2.24) is 10.1 Å². The maximum atomic E-state index is 12.2. The first-order valence-corrected chi connectivity index (χ1v) is 10.4. The third kappa shape index (κ3) is 5.44. The summed E-state index contributed by atoms with van der Waals surface area (Å²) in [7, 11) is 0. The van der Waals surface area contributed by atoms with Crippen LogP contribution in [0.3, 0.4) is 0 Å². The van der Waals surface area contributed by atoms with Gasteiger partial charge in [0.1, 0.15) is 11.5 Å². The summed E-state index contributed by atoms with van der Waals surface area (Å²) in [6.45, 7) is 0. The number of aryl methyl sites for hydroxylation is 1. The second kappa shape index (κ2) is 9.53. The molecule has 0 aliphatic heterocycles. The van der Waals surface area contributed by atoms with Gasteiger partial charge in [0, 0.05) is 27.7 Å². The molecule has 1 N–H and O–H groups in total. The number of benzene rings is 3. The Morgan fingerprint density at radius 1 is 0.933 bits per heavy atom. The lowest BCUT2D eigenvalue weighted by Crippen LogP contribution is -2.12. The van der Waals surface area contributed by atoms with E-state index in [0.29, 0.717) is 29.6 Å². The van der Waals surface area contributed by atoms with E-state index in [1.807, 2.05) is 66.7 Å². The number of hydrogen-bond donors (Lipinski definition) is 1. The summed E-state index contributed by atoms with van der Waals surface area (Å²) in [6, 6.07) is 24.6. The van der Waals surface area contributed by atoms with Gasteiger partial charge in [-0.2, -0.15) is 4.98 Å². The molecule has 0 aliphatic carbocycles. The molecule has 150 valence electrons. The van der Waals surface area contributed by atoms with Gasteiger partial charge in [-0.25, -0.2) is 0 Å². The van der Waals surface area contributed by atoms with Crippen molar-refractivity contribution >= 4 is 34.2 Å². The average molecular weight is 511 g/mol. The SMILES string of the molecule is O=C(CCc1nc(-c2ccc(I)cc2)no1)Nc1ccc(Oc2ccccc2)cc1. The maximum Gasteiger partial charge on any atom is 0.227 e. The summed E-state index contributed by atoms with van der Waals surface area (Å²) in [5.41, 5.74) is 1.58. The third-order valence-corrected chi connectivity index (χ3v) is 4.97. The van der Waals surface area contributed by atoms with E-state index in [4.69, 9.17) is 9.26 Å². The van der Waals surface area contributed by atoms with E-state index in [2.05, 4.69) is 38.0 Å². The van der Waals surface area contributed by atoms with Crippen molar-refractivity contribution in [3.05, 3.63) is 88.3 Å². The highest BCUT2D eigenvalue weighted by atomic mass is 127. The zero-order chi connectivity index (χ0) is 20.8. The quantitative estimate of drug-likeness (QED) is 0.322. The molecule has 1 aromatic heterocycles. The smallest absolute Gasteiger partial charge is 0.227 e. The Morgan fingerprint density at radius 3 is 2.37 bits per heavy atom. The Labute approximate surface area is 187 Å². The van der Waals surface area contributed by atoms with Crippen molar-refractivity contribution in [1.29, 1.82) is 0 Å². The van der Waals surface area contributed by atoms with Crippen LogP contribution in [0.25, 0.3) is 11.4 Å². The Bertz CT molecular complexity index is 1110. The van der Waals surface area contributed by atoms with Crippen LogP contribution in [0.4, 0.5) is 5.69 Å². The molecule has 0 saturated carbocycles. The minimum absolute atomic E-state index is 0.124. The molecule has 4 rings (SSSR count). The summed E-state index contributed by atoms with van der Waals surface area (Å²) >= 11 is 2.24. The van der Waals surface area contributed by atoms with Crippen LogP contribution in [0.1, 0.15) is 12.3 Å². The standard InChI is InChI=1S/C23H18IN3O3/c24-17-8-6-16(7-9-17)23-26-22(30-27-23)15-14-21(28)25-18-10-12-20(13-11-18)29-19-4-2-1-3-5-19/h1-13H,14-15H2,(H,25,28). The van der Waals surface area contributed by atoms with E-state index in [1.54, 1.807) is 12.1 Å². The van der Waals surface area contributed by atoms with Crippen molar-refractivity contribution in [2.24, 2.45) is 0 Å². The molecule has 1 heterocycles. The van der Waals surface area contributed by atoms with E-state index in [0.717, 1.165) is 14.9 Å². The summed E-state index contributed by atoms with van der Waals surface area (Å²) in [5.74, 6) is 2.30. The van der Waals surface area contributed by atoms with Gasteiger partial charge < -0.3 is 14.6 Å². The number of nitrogens with zero attached hydrogens (tertiary/aromatic N) is 2. The Kier molecular flexibility index (Phi) is 6.38. The number of aromatic nitrogens is 2. The first-order chi connectivity index (χ1) is 14.7. The van der Waals surface area contributed by atoms with Crippen LogP contribution in [-0.2, 0) is 11.2 Å². The highest BCUT2D eigenvalue weighted by molar-refractivity contribution is 14.1. The van der Waals surface area contributed by atoms with E-state index in [9.17, 15) is 4.79 Å². The van der Waals surface area contributed by atoms with Crippen LogP contribution in [0, 0.1) is 3.57 Å². The number of nitrogens with one attached hydrogen (secondary N) is 1. The summed E-state index contributed by atoms with van der Waals surface area (Å²) in [5, 5.41) is 6.85. The zero-order valence-corrected chi connectivity index (χ0v) is 18.1. The van der Waals surface area contributed by atoms with Crippen LogP contribution in [0.15, 0.2) is 83.4 Å². The predicted octanol–water partition coefficient (Wildman–Crippen LogP) is 5.70. The topological polar surface area (TPSA) is 77.2 Å². The number of carbonyl (C=O) groups is 1. The highest BCUT2D eigenvalue weighted by Gasteiger charge is 2.11. The van der Waals surface area contributed by atoms with E-state index < -0.39 is 0 Å². The molecular weight excluding hydrogens is 493 g/mol. The first kappa shape index (κ1) is 20.1. The molecular formula is C23H18IN3O3. The second-order valence-corrected chi connectivity index (χ2v) is 7.75. The summed E-state index contributed by atoms with van der Waals surface area (Å²) in [4.78, 5) is 16.6. The Morgan fingerprint density at radius 2 is 1.63 bits per heavy atom. The molecule has 3 aromatic carbocycles. The molecule has 4 aromatic rings. The van der Waals surface area contributed by atoms with Gasteiger partial charge in [0.05, 0.1) is 0 Å². The number of anilines is 1. The number of para-hydroxylation sites is 1. The van der Waals surface area contributed by atoms with Crippen LogP contribution in [0.5, 0.6) is 11.5 Å². The molecule has 0 bridgehead atoms. The Hall–Kier alpha value is -3.20. The van der Waals surface area contributed by atoms with Crippen LogP contribution >= 0.6 is 22.6 Å². The van der Waals surface area contributed by atoms with Gasteiger partial charge in [-0.1, -0.05) is 35.5 Å². The molecule has 7 heteroatoms. The van der Waals surface area contributed by atoms with E-state index in [1.165, 1.54) is 0 Å².